The number of hydrogen-bond acceptors (Lipinski definition) is 6. The van der Waals surface area contributed by atoms with Crippen LogP contribution in [0.5, 0.6) is 11.5 Å². The van der Waals surface area contributed by atoms with E-state index in [2.05, 4.69) is 10.2 Å². The molecule has 1 aliphatic heterocycles. The monoisotopic (exact) mass is 373 g/mol. The van der Waals surface area contributed by atoms with Gasteiger partial charge in [0.2, 0.25) is 0 Å². The standard InChI is InChI=1S/C22H19N3O3/c1-27-21-6-4-15(11-22(21)28-2)14-3-5-19-17(9-14)10-18(26)12-20(25-19)16-7-8-23-24-13-16/h3-9,11,13H,10,12H2,1-2H3. The summed E-state index contributed by atoms with van der Waals surface area (Å²) in [6.07, 6.45) is 3.87. The number of carbonyl (C=O) groups is 1. The Morgan fingerprint density at radius 1 is 0.821 bits per heavy atom. The van der Waals surface area contributed by atoms with Crippen molar-refractivity contribution in [3.05, 3.63) is 66.0 Å². The fourth-order valence-electron chi connectivity index (χ4n) is 3.31. The molecule has 0 N–H and O–H groups in total. The smallest absolute Gasteiger partial charge is 0.161 e. The zero-order chi connectivity index (χ0) is 19.5. The van der Waals surface area contributed by atoms with Gasteiger partial charge in [-0.15, -0.1) is 0 Å². The minimum absolute atomic E-state index is 0.124. The summed E-state index contributed by atoms with van der Waals surface area (Å²) < 4.78 is 10.7. The Morgan fingerprint density at radius 3 is 2.36 bits per heavy atom. The average molecular weight is 373 g/mol. The molecule has 0 aliphatic carbocycles. The lowest BCUT2D eigenvalue weighted by atomic mass is 9.98. The van der Waals surface area contributed by atoms with Crippen LogP contribution < -0.4 is 9.47 Å². The molecule has 4 rings (SSSR count). The highest BCUT2D eigenvalue weighted by Gasteiger charge is 2.19. The molecule has 0 bridgehead atoms. The minimum Gasteiger partial charge on any atom is -0.493 e. The summed E-state index contributed by atoms with van der Waals surface area (Å²) in [7, 11) is 3.22. The second-order valence-corrected chi connectivity index (χ2v) is 6.50. The molecule has 0 radical (unpaired) electrons. The molecule has 0 spiro atoms. The number of hydrogen-bond donors (Lipinski definition) is 0. The molecule has 2 heterocycles. The Hall–Kier alpha value is -3.54. The van der Waals surface area contributed by atoms with Crippen molar-refractivity contribution in [2.75, 3.05) is 14.2 Å². The lowest BCUT2D eigenvalue weighted by Gasteiger charge is -2.11. The van der Waals surface area contributed by atoms with Crippen LogP contribution in [0.3, 0.4) is 0 Å². The highest BCUT2D eigenvalue weighted by atomic mass is 16.5. The van der Waals surface area contributed by atoms with Crippen LogP contribution in [-0.4, -0.2) is 35.9 Å². The average Bonchev–Trinajstić information content (AvgIpc) is 2.91. The number of fused-ring (bicyclic) bond motifs is 1. The van der Waals surface area contributed by atoms with E-state index >= 15 is 0 Å². The third-order valence-corrected chi connectivity index (χ3v) is 4.72. The number of aliphatic imine (C=N–C) groups is 1. The number of methoxy groups -OCH3 is 2. The van der Waals surface area contributed by atoms with Crippen LogP contribution in [0.15, 0.2) is 59.9 Å². The van der Waals surface area contributed by atoms with Crippen molar-refractivity contribution < 1.29 is 14.3 Å². The number of Topliss-reactive ketones (excluding diaryl/α,β-unsaturated/α-hetero) is 1. The Kier molecular flexibility index (Phi) is 4.85. The van der Waals surface area contributed by atoms with E-state index in [0.717, 1.165) is 33.7 Å². The predicted octanol–water partition coefficient (Wildman–Crippen LogP) is 3.80. The molecule has 140 valence electrons. The number of ether oxygens (including phenoxy) is 2. The molecule has 0 atom stereocenters. The van der Waals surface area contributed by atoms with Gasteiger partial charge >= 0.3 is 0 Å². The van der Waals surface area contributed by atoms with Gasteiger partial charge in [0.25, 0.3) is 0 Å². The largest absolute Gasteiger partial charge is 0.493 e. The second kappa shape index (κ2) is 7.60. The molecular weight excluding hydrogens is 354 g/mol. The number of nitrogens with zero attached hydrogens (tertiary/aromatic N) is 3. The van der Waals surface area contributed by atoms with Crippen LogP contribution in [-0.2, 0) is 11.2 Å². The number of ketones is 1. The molecule has 28 heavy (non-hydrogen) atoms. The maximum Gasteiger partial charge on any atom is 0.161 e. The summed E-state index contributed by atoms with van der Waals surface area (Å²) in [5.41, 5.74) is 5.24. The topological polar surface area (TPSA) is 73.7 Å². The minimum atomic E-state index is 0.124. The van der Waals surface area contributed by atoms with E-state index in [1.165, 1.54) is 0 Å². The van der Waals surface area contributed by atoms with E-state index in [4.69, 9.17) is 14.5 Å². The van der Waals surface area contributed by atoms with Crippen molar-refractivity contribution >= 4 is 17.2 Å². The molecule has 2 aromatic carbocycles. The lowest BCUT2D eigenvalue weighted by molar-refractivity contribution is -0.117. The molecule has 6 heteroatoms. The predicted molar refractivity (Wildman–Crippen MR) is 107 cm³/mol. The summed E-state index contributed by atoms with van der Waals surface area (Å²) in [6.45, 7) is 0. The molecule has 1 aliphatic rings. The van der Waals surface area contributed by atoms with Gasteiger partial charge in [-0.2, -0.15) is 10.2 Å². The number of aromatic nitrogens is 2. The molecule has 0 fully saturated rings. The summed E-state index contributed by atoms with van der Waals surface area (Å²) in [4.78, 5) is 17.2. The first-order chi connectivity index (χ1) is 13.7. The van der Waals surface area contributed by atoms with Crippen LogP contribution >= 0.6 is 0 Å². The molecule has 6 nitrogen and oxygen atoms in total. The van der Waals surface area contributed by atoms with Crippen LogP contribution in [0.1, 0.15) is 17.5 Å². The summed E-state index contributed by atoms with van der Waals surface area (Å²) >= 11 is 0. The van der Waals surface area contributed by atoms with Gasteiger partial charge in [0.1, 0.15) is 5.78 Å². The van der Waals surface area contributed by atoms with Gasteiger partial charge in [0.15, 0.2) is 11.5 Å². The third-order valence-electron chi connectivity index (χ3n) is 4.72. The van der Waals surface area contributed by atoms with Gasteiger partial charge in [-0.05, 0) is 47.0 Å². The fourth-order valence-corrected chi connectivity index (χ4v) is 3.31. The highest BCUT2D eigenvalue weighted by Crippen LogP contribution is 2.35. The van der Waals surface area contributed by atoms with Crippen LogP contribution in [0, 0.1) is 0 Å². The second-order valence-electron chi connectivity index (χ2n) is 6.50. The van der Waals surface area contributed by atoms with E-state index in [-0.39, 0.29) is 12.2 Å². The Balaban J connectivity index is 1.75. The third kappa shape index (κ3) is 3.49. The van der Waals surface area contributed by atoms with Crippen molar-refractivity contribution in [2.24, 2.45) is 4.99 Å². The zero-order valence-electron chi connectivity index (χ0n) is 15.7. The van der Waals surface area contributed by atoms with E-state index in [1.54, 1.807) is 26.6 Å². The summed E-state index contributed by atoms with van der Waals surface area (Å²) in [5, 5.41) is 7.68. The van der Waals surface area contributed by atoms with Crippen molar-refractivity contribution in [3.63, 3.8) is 0 Å². The Bertz CT molecular complexity index is 1060. The fraction of sp³-hybridized carbons (Fsp3) is 0.182. The van der Waals surface area contributed by atoms with Crippen molar-refractivity contribution in [3.8, 4) is 22.6 Å². The van der Waals surface area contributed by atoms with E-state index in [1.807, 2.05) is 42.5 Å². The van der Waals surface area contributed by atoms with Crippen LogP contribution in [0.25, 0.3) is 11.1 Å². The number of rotatable bonds is 4. The Morgan fingerprint density at radius 2 is 1.61 bits per heavy atom. The quantitative estimate of drug-likeness (QED) is 0.695. The van der Waals surface area contributed by atoms with Gasteiger partial charge < -0.3 is 9.47 Å². The molecular formula is C22H19N3O3. The van der Waals surface area contributed by atoms with Gasteiger partial charge in [-0.25, -0.2) is 0 Å². The molecule has 3 aromatic rings. The number of carbonyl (C=O) groups excluding carboxylic acids is 1. The molecule has 0 saturated heterocycles. The first kappa shape index (κ1) is 17.9. The normalized spacial score (nSPS) is 13.4. The maximum atomic E-state index is 12.5. The van der Waals surface area contributed by atoms with Crippen LogP contribution in [0.2, 0.25) is 0 Å². The summed E-state index contributed by atoms with van der Waals surface area (Å²) in [5.74, 6) is 1.46. The number of benzene rings is 2. The molecule has 0 amide bonds. The van der Waals surface area contributed by atoms with Gasteiger partial charge in [0.05, 0.1) is 38.0 Å². The Labute approximate surface area is 162 Å². The van der Waals surface area contributed by atoms with Gasteiger partial charge in [-0.1, -0.05) is 12.1 Å². The zero-order valence-corrected chi connectivity index (χ0v) is 15.7. The summed E-state index contributed by atoms with van der Waals surface area (Å²) in [6, 6.07) is 13.6. The van der Waals surface area contributed by atoms with E-state index in [9.17, 15) is 4.79 Å². The SMILES string of the molecule is COc1ccc(-c2ccc3c(c2)CC(=O)CC(c2ccnnc2)=N3)cc1OC. The molecule has 0 saturated carbocycles. The van der Waals surface area contributed by atoms with Crippen molar-refractivity contribution in [1.29, 1.82) is 0 Å². The first-order valence-corrected chi connectivity index (χ1v) is 8.89. The van der Waals surface area contributed by atoms with Crippen LogP contribution in [0.4, 0.5) is 5.69 Å². The first-order valence-electron chi connectivity index (χ1n) is 8.89. The van der Waals surface area contributed by atoms with E-state index < -0.39 is 0 Å². The molecule has 1 aromatic heterocycles. The van der Waals surface area contributed by atoms with Gasteiger partial charge in [-0.3, -0.25) is 9.79 Å². The van der Waals surface area contributed by atoms with Crippen molar-refractivity contribution in [1.82, 2.24) is 10.2 Å². The highest BCUT2D eigenvalue weighted by molar-refractivity contribution is 6.13. The molecule has 0 unspecified atom stereocenters. The lowest BCUT2D eigenvalue weighted by Crippen LogP contribution is -2.09. The van der Waals surface area contributed by atoms with Crippen molar-refractivity contribution in [2.45, 2.75) is 12.8 Å². The van der Waals surface area contributed by atoms with Gasteiger partial charge in [0, 0.05) is 18.4 Å². The maximum absolute atomic E-state index is 12.5. The van der Waals surface area contributed by atoms with E-state index in [0.29, 0.717) is 17.9 Å².